The van der Waals surface area contributed by atoms with Gasteiger partial charge in [0.15, 0.2) is 0 Å². The van der Waals surface area contributed by atoms with Gasteiger partial charge in [0.2, 0.25) is 0 Å². The van der Waals surface area contributed by atoms with E-state index in [1.807, 2.05) is 14.1 Å². The summed E-state index contributed by atoms with van der Waals surface area (Å²) in [7, 11) is 4.04. The molecule has 0 aromatic carbocycles. The third kappa shape index (κ3) is 32.7. The Balaban J connectivity index is 3.73. The van der Waals surface area contributed by atoms with Crippen molar-refractivity contribution in [1.29, 1.82) is 0 Å². The van der Waals surface area contributed by atoms with Crippen molar-refractivity contribution in [2.75, 3.05) is 20.6 Å². The number of carbonyl (C=O) groups excluding carboxylic acids is 2. The van der Waals surface area contributed by atoms with E-state index < -0.39 is 0 Å². The van der Waals surface area contributed by atoms with Crippen LogP contribution in [0.4, 0.5) is 0 Å². The van der Waals surface area contributed by atoms with E-state index in [-0.39, 0.29) is 5.92 Å². The number of hydrogen-bond donors (Lipinski definition) is 0. The average Bonchev–Trinajstić information content (AvgIpc) is 3.00. The molecule has 0 fully saturated rings. The highest BCUT2D eigenvalue weighted by molar-refractivity contribution is 5.88. The minimum Gasteiger partial charge on any atom is -0.309 e. The Morgan fingerprint density at radius 3 is 0.977 bits per heavy atom. The number of hydrogen-bond acceptors (Lipinski definition) is 3. The molecule has 0 bridgehead atoms. The minimum atomic E-state index is -0.111. The quantitative estimate of drug-likeness (QED) is 0.0649. The van der Waals surface area contributed by atoms with E-state index in [1.165, 1.54) is 167 Å². The second-order valence-corrected chi connectivity index (χ2v) is 14.6. The van der Waals surface area contributed by atoms with E-state index in [1.54, 1.807) is 0 Å². The molecular weight excluding hydrogens is 538 g/mol. The maximum absolute atomic E-state index is 13.0. The fourth-order valence-corrected chi connectivity index (χ4v) is 6.67. The molecule has 3 nitrogen and oxygen atoms in total. The Hall–Kier alpha value is -0.700. The summed E-state index contributed by atoms with van der Waals surface area (Å²) < 4.78 is 0. The van der Waals surface area contributed by atoms with Crippen molar-refractivity contribution in [2.45, 2.75) is 226 Å². The van der Waals surface area contributed by atoms with Gasteiger partial charge in [-0.2, -0.15) is 0 Å². The monoisotopic (exact) mass is 620 g/mol. The number of carbonyl (C=O) groups is 2. The molecule has 0 amide bonds. The van der Waals surface area contributed by atoms with Crippen LogP contribution in [-0.2, 0) is 9.59 Å². The zero-order valence-electron chi connectivity index (χ0n) is 30.9. The summed E-state index contributed by atoms with van der Waals surface area (Å²) in [5.74, 6) is 0.509. The minimum absolute atomic E-state index is 0.111. The zero-order chi connectivity index (χ0) is 32.4. The van der Waals surface area contributed by atoms with Crippen LogP contribution in [0.2, 0.25) is 0 Å². The summed E-state index contributed by atoms with van der Waals surface area (Å²) in [4.78, 5) is 27.8. The van der Waals surface area contributed by atoms with Crippen LogP contribution in [0.15, 0.2) is 0 Å². The Morgan fingerprint density at radius 2 is 0.682 bits per heavy atom. The lowest BCUT2D eigenvalue weighted by atomic mass is 9.91. The van der Waals surface area contributed by atoms with Crippen molar-refractivity contribution in [3.05, 3.63) is 0 Å². The van der Waals surface area contributed by atoms with Gasteiger partial charge in [0.1, 0.15) is 11.6 Å². The molecule has 3 heteroatoms. The summed E-state index contributed by atoms with van der Waals surface area (Å²) in [5.41, 5.74) is 0. The summed E-state index contributed by atoms with van der Waals surface area (Å²) in [5, 5.41) is 0. The van der Waals surface area contributed by atoms with E-state index >= 15 is 0 Å². The fraction of sp³-hybridized carbons (Fsp3) is 0.951. The molecule has 0 aliphatic rings. The third-order valence-electron chi connectivity index (χ3n) is 9.60. The lowest BCUT2D eigenvalue weighted by molar-refractivity contribution is -0.128. The Kier molecular flexibility index (Phi) is 34.6. The van der Waals surface area contributed by atoms with Gasteiger partial charge in [-0.3, -0.25) is 9.59 Å². The van der Waals surface area contributed by atoms with Crippen LogP contribution < -0.4 is 0 Å². The highest BCUT2D eigenvalue weighted by Crippen LogP contribution is 2.18. The largest absolute Gasteiger partial charge is 0.309 e. The maximum atomic E-state index is 13.0. The molecule has 0 aliphatic heterocycles. The van der Waals surface area contributed by atoms with Gasteiger partial charge < -0.3 is 4.90 Å². The standard InChI is InChI=1S/C41H81NO2/c1-5-7-9-11-13-15-17-19-21-23-25-27-29-31-33-35-40(43)37-39(38-42(3)4)41(44)36-34-32-30-28-26-24-22-20-18-16-14-12-10-8-6-2/h39H,5-38H2,1-4H3. The number of Topliss-reactive ketones (excluding diaryl/α,β-unsaturated/α-hetero) is 2. The van der Waals surface area contributed by atoms with Crippen molar-refractivity contribution in [2.24, 2.45) is 5.92 Å². The number of ketones is 2. The molecule has 1 unspecified atom stereocenters. The second kappa shape index (κ2) is 35.2. The van der Waals surface area contributed by atoms with E-state index in [0.717, 1.165) is 25.7 Å². The molecule has 0 spiro atoms. The van der Waals surface area contributed by atoms with Crippen molar-refractivity contribution in [1.82, 2.24) is 4.90 Å². The number of unbranched alkanes of at least 4 members (excludes halogenated alkanes) is 28. The lowest BCUT2D eigenvalue weighted by Gasteiger charge is -2.19. The van der Waals surface area contributed by atoms with E-state index in [0.29, 0.717) is 37.4 Å². The molecule has 262 valence electrons. The van der Waals surface area contributed by atoms with Gasteiger partial charge in [-0.15, -0.1) is 0 Å². The van der Waals surface area contributed by atoms with E-state index in [4.69, 9.17) is 0 Å². The van der Waals surface area contributed by atoms with Crippen LogP contribution in [0.5, 0.6) is 0 Å². The van der Waals surface area contributed by atoms with Gasteiger partial charge in [-0.25, -0.2) is 0 Å². The number of rotatable bonds is 37. The summed E-state index contributed by atoms with van der Waals surface area (Å²) in [6, 6.07) is 0. The van der Waals surface area contributed by atoms with Crippen LogP contribution >= 0.6 is 0 Å². The van der Waals surface area contributed by atoms with Gasteiger partial charge in [0.05, 0.1) is 0 Å². The fourth-order valence-electron chi connectivity index (χ4n) is 6.67. The maximum Gasteiger partial charge on any atom is 0.137 e. The molecule has 1 atom stereocenters. The topological polar surface area (TPSA) is 37.4 Å². The molecule has 0 saturated carbocycles. The second-order valence-electron chi connectivity index (χ2n) is 14.6. The van der Waals surface area contributed by atoms with Crippen molar-refractivity contribution < 1.29 is 9.59 Å². The highest BCUT2D eigenvalue weighted by Gasteiger charge is 2.22. The van der Waals surface area contributed by atoms with Crippen LogP contribution in [0.25, 0.3) is 0 Å². The smallest absolute Gasteiger partial charge is 0.137 e. The summed E-state index contributed by atoms with van der Waals surface area (Å²) in [6.45, 7) is 5.28. The molecule has 0 heterocycles. The van der Waals surface area contributed by atoms with Crippen molar-refractivity contribution in [3.8, 4) is 0 Å². The number of nitrogens with zero attached hydrogens (tertiary/aromatic N) is 1. The lowest BCUT2D eigenvalue weighted by Crippen LogP contribution is -2.29. The van der Waals surface area contributed by atoms with Crippen LogP contribution in [0.1, 0.15) is 226 Å². The van der Waals surface area contributed by atoms with Gasteiger partial charge in [-0.1, -0.05) is 194 Å². The average molecular weight is 620 g/mol. The van der Waals surface area contributed by atoms with Crippen LogP contribution in [-0.4, -0.2) is 37.1 Å². The van der Waals surface area contributed by atoms with E-state index in [9.17, 15) is 9.59 Å². The Bertz CT molecular complexity index is 601. The van der Waals surface area contributed by atoms with Gasteiger partial charge in [0.25, 0.3) is 0 Å². The van der Waals surface area contributed by atoms with Crippen molar-refractivity contribution >= 4 is 11.6 Å². The molecule has 0 aromatic rings. The van der Waals surface area contributed by atoms with Crippen LogP contribution in [0, 0.1) is 5.92 Å². The molecule has 0 N–H and O–H groups in total. The van der Waals surface area contributed by atoms with Gasteiger partial charge in [0, 0.05) is 31.7 Å². The summed E-state index contributed by atoms with van der Waals surface area (Å²) in [6.07, 6.45) is 42.1. The predicted octanol–water partition coefficient (Wildman–Crippen LogP) is 13.2. The van der Waals surface area contributed by atoms with E-state index in [2.05, 4.69) is 18.7 Å². The molecule has 0 rings (SSSR count). The highest BCUT2D eigenvalue weighted by atomic mass is 16.1. The molecule has 0 aliphatic carbocycles. The first-order valence-electron chi connectivity index (χ1n) is 20.2. The first-order valence-corrected chi connectivity index (χ1v) is 20.2. The van der Waals surface area contributed by atoms with Gasteiger partial charge >= 0.3 is 0 Å². The SMILES string of the molecule is CCCCCCCCCCCCCCCCCC(=O)CC(CN(C)C)C(=O)CCCCCCCCCCCCCCCCC. The third-order valence-corrected chi connectivity index (χ3v) is 9.60. The zero-order valence-corrected chi connectivity index (χ0v) is 30.9. The molecule has 44 heavy (non-hydrogen) atoms. The predicted molar refractivity (Wildman–Crippen MR) is 196 cm³/mol. The summed E-state index contributed by atoms with van der Waals surface area (Å²) >= 11 is 0. The van der Waals surface area contributed by atoms with Gasteiger partial charge in [-0.05, 0) is 26.9 Å². The molecule has 0 saturated heterocycles. The molecule has 0 radical (unpaired) electrons. The first-order chi connectivity index (χ1) is 21.5. The Morgan fingerprint density at radius 1 is 0.409 bits per heavy atom. The molecule has 0 aromatic heterocycles. The van der Waals surface area contributed by atoms with Crippen molar-refractivity contribution in [3.63, 3.8) is 0 Å². The molecular formula is C41H81NO2. The first kappa shape index (κ1) is 43.3. The van der Waals surface area contributed by atoms with Crippen LogP contribution in [0.3, 0.4) is 0 Å². The Labute approximate surface area is 277 Å². The normalized spacial score (nSPS) is 12.3.